The highest BCUT2D eigenvalue weighted by atomic mass is 35.5. The zero-order valence-electron chi connectivity index (χ0n) is 11.2. The summed E-state index contributed by atoms with van der Waals surface area (Å²) in [6, 6.07) is 0. The lowest BCUT2D eigenvalue weighted by Crippen LogP contribution is -2.00. The van der Waals surface area contributed by atoms with E-state index >= 15 is 0 Å². The lowest BCUT2D eigenvalue weighted by atomic mass is 10.3. The summed E-state index contributed by atoms with van der Waals surface area (Å²) in [4.78, 5) is 0. The van der Waals surface area contributed by atoms with Crippen molar-refractivity contribution in [1.82, 2.24) is 24.7 Å². The molecule has 2 aromatic rings. The molecule has 0 aromatic carbocycles. The number of halogens is 1. The van der Waals surface area contributed by atoms with Crippen LogP contribution >= 0.6 is 36.0 Å². The number of aromatic nitrogens is 5. The van der Waals surface area contributed by atoms with E-state index in [0.29, 0.717) is 14.7 Å². The van der Waals surface area contributed by atoms with Crippen molar-refractivity contribution in [2.45, 2.75) is 33.2 Å². The Morgan fingerprint density at radius 1 is 1.35 bits per heavy atom. The number of aryl methyl sites for hydroxylation is 2. The lowest BCUT2D eigenvalue weighted by molar-refractivity contribution is 0.569. The monoisotopic (exact) mass is 330 g/mol. The molecule has 0 aliphatic rings. The number of nitrogens with one attached hydrogen (secondary N) is 2. The fraction of sp³-hybridized carbons (Fsp3) is 0.455. The van der Waals surface area contributed by atoms with Crippen LogP contribution in [0.4, 0.5) is 0 Å². The molecular formula is C11H15ClN6S2. The Hall–Kier alpha value is -1.25. The second kappa shape index (κ2) is 6.47. The van der Waals surface area contributed by atoms with Crippen LogP contribution in [0.3, 0.4) is 0 Å². The summed E-state index contributed by atoms with van der Waals surface area (Å²) in [5.74, 6) is 0. The van der Waals surface area contributed by atoms with Gasteiger partial charge in [-0.1, -0.05) is 24.9 Å². The van der Waals surface area contributed by atoms with Gasteiger partial charge in [-0.3, -0.25) is 14.9 Å². The third kappa shape index (κ3) is 3.08. The van der Waals surface area contributed by atoms with E-state index in [-0.39, 0.29) is 0 Å². The molecule has 6 nitrogen and oxygen atoms in total. The minimum absolute atomic E-state index is 0.401. The van der Waals surface area contributed by atoms with Gasteiger partial charge in [-0.25, -0.2) is 0 Å². The Morgan fingerprint density at radius 3 is 2.60 bits per heavy atom. The van der Waals surface area contributed by atoms with Crippen molar-refractivity contribution in [1.29, 1.82) is 0 Å². The Bertz CT molecular complexity index is 707. The van der Waals surface area contributed by atoms with Crippen molar-refractivity contribution in [3.05, 3.63) is 26.0 Å². The molecule has 2 rings (SSSR count). The van der Waals surface area contributed by atoms with E-state index in [1.807, 2.05) is 6.92 Å². The minimum atomic E-state index is 0.401. The topological polar surface area (TPSA) is 66.7 Å². The quantitative estimate of drug-likeness (QED) is 0.652. The van der Waals surface area contributed by atoms with Crippen molar-refractivity contribution < 1.29 is 0 Å². The maximum atomic E-state index is 6.32. The first-order valence-electron chi connectivity index (χ1n) is 6.21. The molecule has 20 heavy (non-hydrogen) atoms. The molecule has 0 fully saturated rings. The summed E-state index contributed by atoms with van der Waals surface area (Å²) >= 11 is 16.4. The molecule has 2 aromatic heterocycles. The molecule has 0 aliphatic carbocycles. The van der Waals surface area contributed by atoms with Crippen LogP contribution in [0.5, 0.6) is 0 Å². The number of aromatic amines is 2. The molecule has 0 radical (unpaired) electrons. The summed E-state index contributed by atoms with van der Waals surface area (Å²) < 4.78 is 4.01. The SMILES string of the molecule is CCCCn1nc(C)c(C=Nn2c(=S)[nH][nH]c2=S)c1Cl. The van der Waals surface area contributed by atoms with Gasteiger partial charge >= 0.3 is 0 Å². The highest BCUT2D eigenvalue weighted by Gasteiger charge is 2.11. The number of unbranched alkanes of at least 4 members (excludes halogenated alkanes) is 1. The minimum Gasteiger partial charge on any atom is -0.273 e. The van der Waals surface area contributed by atoms with Gasteiger partial charge in [-0.15, -0.1) is 0 Å². The molecule has 2 N–H and O–H groups in total. The Labute approximate surface area is 131 Å². The number of nitrogens with zero attached hydrogens (tertiary/aromatic N) is 4. The molecule has 0 aliphatic heterocycles. The molecule has 0 amide bonds. The Kier molecular flexibility index (Phi) is 4.90. The maximum absolute atomic E-state index is 6.32. The molecule has 0 spiro atoms. The van der Waals surface area contributed by atoms with Crippen molar-refractivity contribution in [2.24, 2.45) is 5.10 Å². The summed E-state index contributed by atoms with van der Waals surface area (Å²) in [6.45, 7) is 4.82. The number of hydrogen-bond acceptors (Lipinski definition) is 4. The second-order valence-electron chi connectivity index (χ2n) is 4.28. The zero-order valence-corrected chi connectivity index (χ0v) is 13.6. The molecule has 2 heterocycles. The van der Waals surface area contributed by atoms with E-state index in [4.69, 9.17) is 36.0 Å². The smallest absolute Gasteiger partial charge is 0.215 e. The van der Waals surface area contributed by atoms with Gasteiger partial charge in [0.1, 0.15) is 5.15 Å². The molecule has 108 valence electrons. The average Bonchev–Trinajstić information content (AvgIpc) is 2.87. The highest BCUT2D eigenvalue weighted by Crippen LogP contribution is 2.18. The van der Waals surface area contributed by atoms with Crippen LogP contribution in [0.2, 0.25) is 5.15 Å². The first-order chi connectivity index (χ1) is 9.54. The largest absolute Gasteiger partial charge is 0.273 e. The lowest BCUT2D eigenvalue weighted by Gasteiger charge is -2.00. The van der Waals surface area contributed by atoms with Gasteiger partial charge in [-0.2, -0.15) is 14.9 Å². The molecule has 0 saturated carbocycles. The Balaban J connectivity index is 2.32. The molecule has 0 saturated heterocycles. The fourth-order valence-electron chi connectivity index (χ4n) is 1.70. The van der Waals surface area contributed by atoms with Gasteiger partial charge < -0.3 is 0 Å². The maximum Gasteiger partial charge on any atom is 0.215 e. The highest BCUT2D eigenvalue weighted by molar-refractivity contribution is 7.72. The summed E-state index contributed by atoms with van der Waals surface area (Å²) in [5.41, 5.74) is 1.60. The van der Waals surface area contributed by atoms with Crippen LogP contribution in [0.15, 0.2) is 5.10 Å². The van der Waals surface area contributed by atoms with Crippen LogP contribution in [-0.2, 0) is 6.54 Å². The van der Waals surface area contributed by atoms with E-state index in [1.165, 1.54) is 4.68 Å². The van der Waals surface area contributed by atoms with Crippen LogP contribution in [0, 0.1) is 16.5 Å². The van der Waals surface area contributed by atoms with Gasteiger partial charge in [0, 0.05) is 6.54 Å². The predicted molar refractivity (Wildman–Crippen MR) is 84.7 cm³/mol. The van der Waals surface area contributed by atoms with E-state index in [1.54, 1.807) is 10.9 Å². The van der Waals surface area contributed by atoms with Crippen LogP contribution in [0.25, 0.3) is 0 Å². The first-order valence-corrected chi connectivity index (χ1v) is 7.41. The first kappa shape index (κ1) is 15.1. The summed E-state index contributed by atoms with van der Waals surface area (Å²) in [5, 5.41) is 14.7. The zero-order chi connectivity index (χ0) is 14.7. The molecule has 0 unspecified atom stereocenters. The third-order valence-electron chi connectivity index (χ3n) is 2.80. The number of hydrogen-bond donors (Lipinski definition) is 2. The number of H-pyrrole nitrogens is 2. The molecule has 0 atom stereocenters. The van der Waals surface area contributed by atoms with E-state index in [2.05, 4.69) is 27.3 Å². The standard InChI is InChI=1S/C11H15ClN6S2/c1-3-4-5-17-9(12)8(7(2)16-17)6-13-18-10(19)14-15-11(18)20/h6H,3-5H2,1-2H3,(H,14,19)(H,15,20). The second-order valence-corrected chi connectivity index (χ2v) is 5.41. The van der Waals surface area contributed by atoms with Crippen LogP contribution in [0.1, 0.15) is 31.0 Å². The summed E-state index contributed by atoms with van der Waals surface area (Å²) in [6.07, 6.45) is 3.75. The third-order valence-corrected chi connectivity index (χ3v) is 3.74. The number of rotatable bonds is 5. The van der Waals surface area contributed by atoms with Gasteiger partial charge in [0.15, 0.2) is 0 Å². The van der Waals surface area contributed by atoms with Gasteiger partial charge in [0.2, 0.25) is 9.54 Å². The van der Waals surface area contributed by atoms with E-state index < -0.39 is 0 Å². The Morgan fingerprint density at radius 2 is 2.00 bits per heavy atom. The molecule has 0 bridgehead atoms. The van der Waals surface area contributed by atoms with Gasteiger partial charge in [0.25, 0.3) is 0 Å². The average molecular weight is 331 g/mol. The van der Waals surface area contributed by atoms with Gasteiger partial charge in [0.05, 0.1) is 17.5 Å². The van der Waals surface area contributed by atoms with Gasteiger partial charge in [-0.05, 0) is 37.8 Å². The van der Waals surface area contributed by atoms with Crippen molar-refractivity contribution in [2.75, 3.05) is 0 Å². The van der Waals surface area contributed by atoms with Crippen LogP contribution < -0.4 is 0 Å². The fourth-order valence-corrected chi connectivity index (χ4v) is 2.44. The molecular weight excluding hydrogens is 316 g/mol. The summed E-state index contributed by atoms with van der Waals surface area (Å²) in [7, 11) is 0. The van der Waals surface area contributed by atoms with Crippen molar-refractivity contribution >= 4 is 42.3 Å². The van der Waals surface area contributed by atoms with E-state index in [0.717, 1.165) is 30.6 Å². The van der Waals surface area contributed by atoms with Crippen molar-refractivity contribution in [3.8, 4) is 0 Å². The van der Waals surface area contributed by atoms with Crippen LogP contribution in [-0.4, -0.2) is 30.9 Å². The molecule has 9 heteroatoms. The normalized spacial score (nSPS) is 11.6. The predicted octanol–water partition coefficient (Wildman–Crippen LogP) is 3.44. The van der Waals surface area contributed by atoms with Crippen molar-refractivity contribution in [3.63, 3.8) is 0 Å². The van der Waals surface area contributed by atoms with E-state index in [9.17, 15) is 0 Å².